The highest BCUT2D eigenvalue weighted by atomic mass is 79.9. The molecule has 2 aromatic rings. The Bertz CT molecular complexity index is 454. The fraction of sp³-hybridized carbons (Fsp3) is 0.0833. The summed E-state index contributed by atoms with van der Waals surface area (Å²) in [7, 11) is 0. The Hall–Kier alpha value is -1.35. The second-order valence-electron chi connectivity index (χ2n) is 3.34. The number of halogens is 1. The number of rotatable bonds is 2. The molecular weight excluding hydrogens is 252 g/mol. The maximum Gasteiger partial charge on any atom is 0.0494 e. The van der Waals surface area contributed by atoms with Gasteiger partial charge in [0, 0.05) is 22.6 Å². The summed E-state index contributed by atoms with van der Waals surface area (Å²) in [5, 5.41) is 0. The molecule has 15 heavy (non-hydrogen) atoms. The first-order chi connectivity index (χ1) is 7.27. The molecular formula is C12H11BrN2. The normalized spacial score (nSPS) is 10.2. The van der Waals surface area contributed by atoms with Crippen molar-refractivity contribution >= 4 is 21.6 Å². The lowest BCUT2D eigenvalue weighted by atomic mass is 10.0. The maximum atomic E-state index is 5.97. The van der Waals surface area contributed by atoms with Crippen LogP contribution in [0.1, 0.15) is 11.1 Å². The van der Waals surface area contributed by atoms with Crippen LogP contribution in [-0.4, -0.2) is 4.98 Å². The number of para-hydroxylation sites is 1. The number of nitrogens with zero attached hydrogens (tertiary/aromatic N) is 1. The lowest BCUT2D eigenvalue weighted by Crippen LogP contribution is -1.96. The van der Waals surface area contributed by atoms with Crippen molar-refractivity contribution in [2.75, 3.05) is 5.73 Å². The smallest absolute Gasteiger partial charge is 0.0494 e. The second kappa shape index (κ2) is 4.45. The summed E-state index contributed by atoms with van der Waals surface area (Å²) in [4.78, 5) is 3.99. The largest absolute Gasteiger partial charge is 0.398 e. The van der Waals surface area contributed by atoms with E-state index >= 15 is 0 Å². The molecule has 2 rings (SSSR count). The summed E-state index contributed by atoms with van der Waals surface area (Å²) in [5.41, 5.74) is 9.13. The summed E-state index contributed by atoms with van der Waals surface area (Å²) >= 11 is 3.42. The van der Waals surface area contributed by atoms with Gasteiger partial charge in [0.05, 0.1) is 0 Å². The Morgan fingerprint density at radius 3 is 2.60 bits per heavy atom. The maximum absolute atomic E-state index is 5.97. The third-order valence-corrected chi connectivity index (χ3v) is 2.98. The molecule has 0 bridgehead atoms. The van der Waals surface area contributed by atoms with Gasteiger partial charge in [0.15, 0.2) is 0 Å². The number of nitrogens with two attached hydrogens (primary N) is 1. The summed E-state index contributed by atoms with van der Waals surface area (Å²) in [5.74, 6) is 0. The molecule has 3 heteroatoms. The average molecular weight is 263 g/mol. The lowest BCUT2D eigenvalue weighted by Gasteiger charge is -2.06. The summed E-state index contributed by atoms with van der Waals surface area (Å²) in [6, 6.07) is 9.99. The molecule has 0 fully saturated rings. The van der Waals surface area contributed by atoms with E-state index in [1.165, 1.54) is 5.56 Å². The fourth-order valence-electron chi connectivity index (χ4n) is 1.46. The Morgan fingerprint density at radius 1 is 1.13 bits per heavy atom. The minimum Gasteiger partial charge on any atom is -0.398 e. The van der Waals surface area contributed by atoms with Crippen LogP contribution in [-0.2, 0) is 6.42 Å². The zero-order valence-corrected chi connectivity index (χ0v) is 9.74. The Morgan fingerprint density at radius 2 is 1.87 bits per heavy atom. The lowest BCUT2D eigenvalue weighted by molar-refractivity contribution is 1.16. The van der Waals surface area contributed by atoms with E-state index in [-0.39, 0.29) is 0 Å². The van der Waals surface area contributed by atoms with Crippen molar-refractivity contribution in [3.63, 3.8) is 0 Å². The standard InChI is InChI=1S/C12H11BrN2/c13-11-3-1-2-10(12(11)14)8-9-4-6-15-7-5-9/h1-7H,8,14H2. The predicted octanol–water partition coefficient (Wildman–Crippen LogP) is 3.02. The first-order valence-corrected chi connectivity index (χ1v) is 5.48. The average Bonchev–Trinajstić information content (AvgIpc) is 2.26. The number of hydrogen-bond acceptors (Lipinski definition) is 2. The van der Waals surface area contributed by atoms with E-state index in [0.29, 0.717) is 0 Å². The van der Waals surface area contributed by atoms with E-state index in [0.717, 1.165) is 22.1 Å². The van der Waals surface area contributed by atoms with Crippen molar-refractivity contribution in [1.82, 2.24) is 4.98 Å². The summed E-state index contributed by atoms with van der Waals surface area (Å²) in [6.07, 6.45) is 4.43. The van der Waals surface area contributed by atoms with Crippen LogP contribution in [0.3, 0.4) is 0 Å². The molecule has 0 spiro atoms. The van der Waals surface area contributed by atoms with E-state index in [1.54, 1.807) is 12.4 Å². The van der Waals surface area contributed by atoms with Crippen LogP contribution < -0.4 is 5.73 Å². The van der Waals surface area contributed by atoms with Crippen molar-refractivity contribution in [2.24, 2.45) is 0 Å². The van der Waals surface area contributed by atoms with Gasteiger partial charge in [-0.3, -0.25) is 4.98 Å². The first-order valence-electron chi connectivity index (χ1n) is 4.69. The molecule has 2 N–H and O–H groups in total. The summed E-state index contributed by atoms with van der Waals surface area (Å²) < 4.78 is 0.953. The minimum atomic E-state index is 0.814. The van der Waals surface area contributed by atoms with E-state index in [1.807, 2.05) is 30.3 Å². The first kappa shape index (κ1) is 10.2. The van der Waals surface area contributed by atoms with E-state index in [2.05, 4.69) is 20.9 Å². The van der Waals surface area contributed by atoms with Crippen LogP contribution in [0.2, 0.25) is 0 Å². The quantitative estimate of drug-likeness (QED) is 0.846. The summed E-state index contributed by atoms with van der Waals surface area (Å²) in [6.45, 7) is 0. The van der Waals surface area contributed by atoms with Crippen LogP contribution in [0.4, 0.5) is 5.69 Å². The molecule has 0 amide bonds. The monoisotopic (exact) mass is 262 g/mol. The van der Waals surface area contributed by atoms with Crippen LogP contribution in [0.15, 0.2) is 47.2 Å². The van der Waals surface area contributed by atoms with Gasteiger partial charge in [0.25, 0.3) is 0 Å². The molecule has 0 unspecified atom stereocenters. The number of pyridine rings is 1. The topological polar surface area (TPSA) is 38.9 Å². The van der Waals surface area contributed by atoms with Crippen molar-refractivity contribution < 1.29 is 0 Å². The molecule has 0 aliphatic heterocycles. The van der Waals surface area contributed by atoms with Gasteiger partial charge in [-0.1, -0.05) is 12.1 Å². The fourth-order valence-corrected chi connectivity index (χ4v) is 1.86. The Labute approximate surface area is 97.3 Å². The molecule has 1 aromatic heterocycles. The highest BCUT2D eigenvalue weighted by molar-refractivity contribution is 9.10. The molecule has 0 aliphatic rings. The van der Waals surface area contributed by atoms with E-state index in [4.69, 9.17) is 5.73 Å². The molecule has 1 heterocycles. The zero-order valence-electron chi connectivity index (χ0n) is 8.15. The van der Waals surface area contributed by atoms with Gasteiger partial charge in [0.2, 0.25) is 0 Å². The van der Waals surface area contributed by atoms with Gasteiger partial charge in [-0.15, -0.1) is 0 Å². The van der Waals surface area contributed by atoms with Crippen molar-refractivity contribution in [2.45, 2.75) is 6.42 Å². The van der Waals surface area contributed by atoms with E-state index < -0.39 is 0 Å². The van der Waals surface area contributed by atoms with Crippen LogP contribution in [0.5, 0.6) is 0 Å². The van der Waals surface area contributed by atoms with Crippen LogP contribution >= 0.6 is 15.9 Å². The molecule has 0 saturated carbocycles. The number of hydrogen-bond donors (Lipinski definition) is 1. The second-order valence-corrected chi connectivity index (χ2v) is 4.20. The van der Waals surface area contributed by atoms with Crippen LogP contribution in [0.25, 0.3) is 0 Å². The highest BCUT2D eigenvalue weighted by Gasteiger charge is 2.03. The van der Waals surface area contributed by atoms with Gasteiger partial charge in [0.1, 0.15) is 0 Å². The zero-order chi connectivity index (χ0) is 10.7. The number of anilines is 1. The molecule has 0 atom stereocenters. The number of nitrogen functional groups attached to an aromatic ring is 1. The van der Waals surface area contributed by atoms with Gasteiger partial charge in [-0.25, -0.2) is 0 Å². The Kier molecular flexibility index (Phi) is 3.02. The molecule has 0 radical (unpaired) electrons. The minimum absolute atomic E-state index is 0.814. The highest BCUT2D eigenvalue weighted by Crippen LogP contribution is 2.24. The Balaban J connectivity index is 2.29. The van der Waals surface area contributed by atoms with Crippen molar-refractivity contribution in [3.05, 3.63) is 58.3 Å². The third kappa shape index (κ3) is 2.36. The van der Waals surface area contributed by atoms with Crippen LogP contribution in [0, 0.1) is 0 Å². The van der Waals surface area contributed by atoms with Gasteiger partial charge < -0.3 is 5.73 Å². The van der Waals surface area contributed by atoms with E-state index in [9.17, 15) is 0 Å². The molecule has 2 nitrogen and oxygen atoms in total. The predicted molar refractivity (Wildman–Crippen MR) is 65.6 cm³/mol. The molecule has 0 saturated heterocycles. The molecule has 76 valence electrons. The van der Waals surface area contributed by atoms with Crippen molar-refractivity contribution in [3.8, 4) is 0 Å². The van der Waals surface area contributed by atoms with Gasteiger partial charge >= 0.3 is 0 Å². The molecule has 0 aliphatic carbocycles. The third-order valence-electron chi connectivity index (χ3n) is 2.29. The number of benzene rings is 1. The number of aromatic nitrogens is 1. The van der Waals surface area contributed by atoms with Crippen molar-refractivity contribution in [1.29, 1.82) is 0 Å². The van der Waals surface area contributed by atoms with Gasteiger partial charge in [-0.2, -0.15) is 0 Å². The molecule has 1 aromatic carbocycles. The SMILES string of the molecule is Nc1c(Br)cccc1Cc1ccncc1. The van der Waals surface area contributed by atoms with Gasteiger partial charge in [-0.05, 0) is 51.7 Å².